The number of ether oxygens (including phenoxy) is 1. The lowest BCUT2D eigenvalue weighted by atomic mass is 9.74. The zero-order chi connectivity index (χ0) is 23.4. The van der Waals surface area contributed by atoms with Gasteiger partial charge in [-0.3, -0.25) is 14.9 Å². The van der Waals surface area contributed by atoms with E-state index in [9.17, 15) is 19.3 Å². The summed E-state index contributed by atoms with van der Waals surface area (Å²) in [4.78, 5) is 24.4. The molecule has 0 bridgehead atoms. The second-order valence-corrected chi connectivity index (χ2v) is 8.86. The summed E-state index contributed by atoms with van der Waals surface area (Å²) in [6.45, 7) is 1.38. The van der Waals surface area contributed by atoms with E-state index < -0.39 is 16.2 Å². The summed E-state index contributed by atoms with van der Waals surface area (Å²) in [6.07, 6.45) is 2.85. The van der Waals surface area contributed by atoms with Gasteiger partial charge in [-0.05, 0) is 54.4 Å². The van der Waals surface area contributed by atoms with E-state index in [1.807, 2.05) is 0 Å². The van der Waals surface area contributed by atoms with E-state index in [2.05, 4.69) is 15.5 Å². The van der Waals surface area contributed by atoms with Crippen LogP contribution in [0.15, 0.2) is 58.8 Å². The zero-order valence-electron chi connectivity index (χ0n) is 17.9. The van der Waals surface area contributed by atoms with Gasteiger partial charge in [0, 0.05) is 43.9 Å². The summed E-state index contributed by atoms with van der Waals surface area (Å²) in [7, 11) is 1.74. The van der Waals surface area contributed by atoms with Gasteiger partial charge in [0.1, 0.15) is 12.1 Å². The molecule has 3 aromatic rings. The first-order valence-electron chi connectivity index (χ1n) is 10.3. The highest BCUT2D eigenvalue weighted by Gasteiger charge is 2.35. The third-order valence-electron chi connectivity index (χ3n) is 5.78. The van der Waals surface area contributed by atoms with E-state index in [1.165, 1.54) is 30.6 Å². The van der Waals surface area contributed by atoms with Crippen molar-refractivity contribution in [1.29, 1.82) is 0 Å². The van der Waals surface area contributed by atoms with Crippen LogP contribution in [0.2, 0.25) is 0 Å². The Kier molecular flexibility index (Phi) is 6.70. The maximum Gasteiger partial charge on any atom is 0.284 e. The molecule has 2 heterocycles. The lowest BCUT2D eigenvalue weighted by Crippen LogP contribution is -2.44. The van der Waals surface area contributed by atoms with Crippen LogP contribution in [-0.4, -0.2) is 45.4 Å². The quantitative estimate of drug-likeness (QED) is 0.415. The molecule has 1 saturated heterocycles. The Balaban J connectivity index is 1.53. The smallest absolute Gasteiger partial charge is 0.284 e. The number of hydrogen-bond acceptors (Lipinski definition) is 7. The predicted molar refractivity (Wildman–Crippen MR) is 119 cm³/mol. The number of amides is 1. The molecular formula is C22H22FN5O4S. The number of benzene rings is 2. The van der Waals surface area contributed by atoms with E-state index >= 15 is 0 Å². The first-order valence-corrected chi connectivity index (χ1v) is 11.1. The minimum absolute atomic E-state index is 0.185. The number of nitro groups is 1. The number of rotatable bonds is 7. The summed E-state index contributed by atoms with van der Waals surface area (Å²) in [5, 5.41) is 22.8. The molecule has 0 spiro atoms. The standard InChI is InChI=1S/C22H22FN5O4S/c1-27-14-25-26-21(27)33-19-7-2-15(12-18(19)28(30)31)20(29)24-13-22(8-10-32-11-9-22)16-3-5-17(23)6-4-16/h2-7,12,14H,8-11,13H2,1H3,(H,24,29). The summed E-state index contributed by atoms with van der Waals surface area (Å²) in [5.74, 6) is -0.738. The number of carbonyl (C=O) groups excluding carboxylic acids is 1. The van der Waals surface area contributed by atoms with Crippen LogP contribution in [0.1, 0.15) is 28.8 Å². The number of nitrogens with one attached hydrogen (secondary N) is 1. The van der Waals surface area contributed by atoms with Crippen molar-refractivity contribution < 1.29 is 18.8 Å². The highest BCUT2D eigenvalue weighted by atomic mass is 32.2. The molecule has 1 fully saturated rings. The Morgan fingerprint density at radius 2 is 2.00 bits per heavy atom. The van der Waals surface area contributed by atoms with Crippen LogP contribution >= 0.6 is 11.8 Å². The summed E-state index contributed by atoms with van der Waals surface area (Å²) < 4.78 is 20.6. The molecule has 172 valence electrons. The number of aromatic nitrogens is 3. The van der Waals surface area contributed by atoms with Gasteiger partial charge in [-0.1, -0.05) is 12.1 Å². The van der Waals surface area contributed by atoms with Crippen molar-refractivity contribution >= 4 is 23.4 Å². The molecule has 0 aliphatic carbocycles. The van der Waals surface area contributed by atoms with Crippen LogP contribution in [0.4, 0.5) is 10.1 Å². The van der Waals surface area contributed by atoms with E-state index in [-0.39, 0.29) is 17.1 Å². The van der Waals surface area contributed by atoms with Crippen molar-refractivity contribution in [1.82, 2.24) is 20.1 Å². The summed E-state index contributed by atoms with van der Waals surface area (Å²) >= 11 is 1.10. The molecule has 0 atom stereocenters. The predicted octanol–water partition coefficient (Wildman–Crippen LogP) is 3.49. The molecule has 0 saturated carbocycles. The molecule has 1 amide bonds. The number of carbonyl (C=O) groups is 1. The average Bonchev–Trinajstić information content (AvgIpc) is 3.23. The second-order valence-electron chi connectivity index (χ2n) is 7.85. The summed E-state index contributed by atoms with van der Waals surface area (Å²) in [6, 6.07) is 10.6. The first-order chi connectivity index (χ1) is 15.9. The van der Waals surface area contributed by atoms with E-state index in [1.54, 1.807) is 29.8 Å². The van der Waals surface area contributed by atoms with E-state index in [0.717, 1.165) is 17.3 Å². The van der Waals surface area contributed by atoms with Crippen LogP contribution in [0.5, 0.6) is 0 Å². The molecule has 4 rings (SSSR count). The molecule has 1 aliphatic heterocycles. The normalized spacial score (nSPS) is 15.2. The third-order valence-corrected chi connectivity index (χ3v) is 6.90. The van der Waals surface area contributed by atoms with E-state index in [4.69, 9.17) is 4.74 Å². The van der Waals surface area contributed by atoms with Crippen molar-refractivity contribution in [3.05, 3.63) is 75.9 Å². The lowest BCUT2D eigenvalue weighted by molar-refractivity contribution is -0.387. The van der Waals surface area contributed by atoms with Gasteiger partial charge in [-0.25, -0.2) is 4.39 Å². The molecule has 1 aromatic heterocycles. The van der Waals surface area contributed by atoms with Gasteiger partial charge in [0.25, 0.3) is 11.6 Å². The molecule has 9 nitrogen and oxygen atoms in total. The van der Waals surface area contributed by atoms with Crippen LogP contribution in [0.25, 0.3) is 0 Å². The largest absolute Gasteiger partial charge is 0.381 e. The van der Waals surface area contributed by atoms with Gasteiger partial charge in [-0.2, -0.15) is 0 Å². The average molecular weight is 472 g/mol. The zero-order valence-corrected chi connectivity index (χ0v) is 18.7. The van der Waals surface area contributed by atoms with Gasteiger partial charge < -0.3 is 14.6 Å². The highest BCUT2D eigenvalue weighted by molar-refractivity contribution is 7.99. The van der Waals surface area contributed by atoms with Crippen LogP contribution in [0.3, 0.4) is 0 Å². The van der Waals surface area contributed by atoms with Gasteiger partial charge in [-0.15, -0.1) is 10.2 Å². The van der Waals surface area contributed by atoms with Crippen molar-refractivity contribution in [2.45, 2.75) is 28.3 Å². The Bertz CT molecular complexity index is 1160. The molecule has 1 aliphatic rings. The first kappa shape index (κ1) is 22.9. The molecule has 0 unspecified atom stereocenters. The van der Waals surface area contributed by atoms with Crippen molar-refractivity contribution in [3.8, 4) is 0 Å². The van der Waals surface area contributed by atoms with Gasteiger partial charge >= 0.3 is 0 Å². The Hall–Kier alpha value is -3.31. The van der Waals surface area contributed by atoms with Gasteiger partial charge in [0.15, 0.2) is 5.16 Å². The fraction of sp³-hybridized carbons (Fsp3) is 0.318. The molecule has 11 heteroatoms. The summed E-state index contributed by atoms with van der Waals surface area (Å²) in [5.41, 5.74) is 0.531. The van der Waals surface area contributed by atoms with Crippen LogP contribution in [-0.2, 0) is 17.2 Å². The van der Waals surface area contributed by atoms with E-state index in [0.29, 0.717) is 42.7 Å². The molecule has 0 radical (unpaired) electrons. The lowest BCUT2D eigenvalue weighted by Gasteiger charge is -2.38. The maximum absolute atomic E-state index is 13.4. The maximum atomic E-state index is 13.4. The van der Waals surface area contributed by atoms with Crippen molar-refractivity contribution in [2.24, 2.45) is 7.05 Å². The Labute approximate surface area is 193 Å². The number of aryl methyl sites for hydroxylation is 1. The molecule has 2 aromatic carbocycles. The Morgan fingerprint density at radius 1 is 1.27 bits per heavy atom. The fourth-order valence-corrected chi connectivity index (χ4v) is 4.69. The number of nitrogens with zero attached hydrogens (tertiary/aromatic N) is 4. The third kappa shape index (κ3) is 5.04. The SMILES string of the molecule is Cn1cnnc1Sc1ccc(C(=O)NCC2(c3ccc(F)cc3)CCOCC2)cc1[N+](=O)[O-]. The topological polar surface area (TPSA) is 112 Å². The van der Waals surface area contributed by atoms with Crippen LogP contribution < -0.4 is 5.32 Å². The molecule has 1 N–H and O–H groups in total. The van der Waals surface area contributed by atoms with Crippen molar-refractivity contribution in [3.63, 3.8) is 0 Å². The minimum Gasteiger partial charge on any atom is -0.381 e. The molecule has 33 heavy (non-hydrogen) atoms. The minimum atomic E-state index is -0.520. The van der Waals surface area contributed by atoms with Crippen LogP contribution in [0, 0.1) is 15.9 Å². The van der Waals surface area contributed by atoms with Gasteiger partial charge in [0.2, 0.25) is 0 Å². The number of nitro benzene ring substituents is 1. The second kappa shape index (κ2) is 9.67. The van der Waals surface area contributed by atoms with Gasteiger partial charge in [0.05, 0.1) is 9.82 Å². The monoisotopic (exact) mass is 471 g/mol. The highest BCUT2D eigenvalue weighted by Crippen LogP contribution is 2.36. The number of hydrogen-bond donors (Lipinski definition) is 1. The number of halogens is 1. The molecular weight excluding hydrogens is 449 g/mol. The Morgan fingerprint density at radius 3 is 2.64 bits per heavy atom. The fourth-order valence-electron chi connectivity index (χ4n) is 3.84. The van der Waals surface area contributed by atoms with Crippen molar-refractivity contribution in [2.75, 3.05) is 19.8 Å².